The lowest BCUT2D eigenvalue weighted by Crippen LogP contribution is -2.37. The Bertz CT molecular complexity index is 162. The third-order valence-electron chi connectivity index (χ3n) is 1.12. The molecule has 0 unspecified atom stereocenters. The van der Waals surface area contributed by atoms with E-state index in [9.17, 15) is 20.2 Å². The lowest BCUT2D eigenvalue weighted by Gasteiger charge is -2.09. The third kappa shape index (κ3) is 4.52. The second kappa shape index (κ2) is 4.57. The second-order valence-corrected chi connectivity index (χ2v) is 2.17. The molecular weight excluding hydrogens is 172 g/mol. The van der Waals surface area contributed by atoms with Crippen LogP contribution in [0.3, 0.4) is 0 Å². The van der Waals surface area contributed by atoms with Crippen LogP contribution in [0.1, 0.15) is 0 Å². The molecule has 70 valence electrons. The van der Waals surface area contributed by atoms with Crippen molar-refractivity contribution in [1.29, 1.82) is 0 Å². The summed E-state index contributed by atoms with van der Waals surface area (Å²) in [6, 6.07) is 0. The number of rotatable bonds is 5. The van der Waals surface area contributed by atoms with Crippen molar-refractivity contribution >= 4 is 0 Å². The summed E-state index contributed by atoms with van der Waals surface area (Å²) in [5.41, 5.74) is 0. The van der Waals surface area contributed by atoms with Gasteiger partial charge in [0.15, 0.2) is 12.2 Å². The van der Waals surface area contributed by atoms with Crippen molar-refractivity contribution < 1.29 is 20.1 Å². The molecular formula is C4H8N2O6. The first-order chi connectivity index (χ1) is 5.43. The Morgan fingerprint density at radius 1 is 1.00 bits per heavy atom. The quantitative estimate of drug-likeness (QED) is 0.382. The summed E-state index contributed by atoms with van der Waals surface area (Å²) in [5.74, 6) is 0. The molecule has 0 aromatic heterocycles. The van der Waals surface area contributed by atoms with Gasteiger partial charge in [0.1, 0.15) is 0 Å². The van der Waals surface area contributed by atoms with Crippen molar-refractivity contribution in [2.45, 2.75) is 12.2 Å². The zero-order valence-corrected chi connectivity index (χ0v) is 5.99. The molecule has 0 radical (unpaired) electrons. The standard InChI is InChI=1S/C4H8N2O6/c7-3(1-5(9)10)4(8)2-6(11)12/h3-4,7-8H,1-2H2/t3-,4+. The van der Waals surface area contributed by atoms with Gasteiger partial charge in [-0.15, -0.1) is 0 Å². The van der Waals surface area contributed by atoms with E-state index < -0.39 is 35.1 Å². The van der Waals surface area contributed by atoms with E-state index in [2.05, 4.69) is 0 Å². The summed E-state index contributed by atoms with van der Waals surface area (Å²) in [6.07, 6.45) is -3.38. The molecule has 0 aliphatic carbocycles. The lowest BCUT2D eigenvalue weighted by atomic mass is 10.2. The molecule has 2 N–H and O–H groups in total. The largest absolute Gasteiger partial charge is 0.383 e. The minimum absolute atomic E-state index is 0.853. The van der Waals surface area contributed by atoms with Crippen LogP contribution in [0.2, 0.25) is 0 Å². The Hall–Kier alpha value is -1.28. The molecule has 0 aliphatic heterocycles. The van der Waals surface area contributed by atoms with Crippen molar-refractivity contribution in [2.24, 2.45) is 0 Å². The minimum Gasteiger partial charge on any atom is -0.383 e. The van der Waals surface area contributed by atoms with Gasteiger partial charge in [-0.1, -0.05) is 0 Å². The number of nitro groups is 2. The van der Waals surface area contributed by atoms with E-state index in [0.29, 0.717) is 0 Å². The molecule has 0 rings (SSSR count). The second-order valence-electron chi connectivity index (χ2n) is 2.17. The number of aliphatic hydroxyl groups is 2. The lowest BCUT2D eigenvalue weighted by molar-refractivity contribution is -0.511. The van der Waals surface area contributed by atoms with Gasteiger partial charge < -0.3 is 10.2 Å². The Morgan fingerprint density at radius 2 is 1.25 bits per heavy atom. The van der Waals surface area contributed by atoms with E-state index in [1.165, 1.54) is 0 Å². The molecule has 0 heterocycles. The zero-order valence-electron chi connectivity index (χ0n) is 5.99. The zero-order chi connectivity index (χ0) is 9.72. The molecule has 2 atom stereocenters. The number of nitrogens with zero attached hydrogens (tertiary/aromatic N) is 2. The number of aliphatic hydroxyl groups excluding tert-OH is 2. The topological polar surface area (TPSA) is 127 Å². The van der Waals surface area contributed by atoms with E-state index in [4.69, 9.17) is 10.2 Å². The van der Waals surface area contributed by atoms with Crippen LogP contribution in [0.5, 0.6) is 0 Å². The van der Waals surface area contributed by atoms with Gasteiger partial charge in [0.2, 0.25) is 13.1 Å². The van der Waals surface area contributed by atoms with Gasteiger partial charge in [0.25, 0.3) is 0 Å². The SMILES string of the molecule is O=[N+]([O-])C[C@@H](O)[C@@H](O)C[N+](=O)[O-]. The highest BCUT2D eigenvalue weighted by Gasteiger charge is 2.25. The van der Waals surface area contributed by atoms with Crippen LogP contribution in [0.15, 0.2) is 0 Å². The van der Waals surface area contributed by atoms with Crippen LogP contribution in [0.4, 0.5) is 0 Å². The summed E-state index contributed by atoms with van der Waals surface area (Å²) in [4.78, 5) is 17.8. The van der Waals surface area contributed by atoms with E-state index in [-0.39, 0.29) is 0 Å². The van der Waals surface area contributed by atoms with Crippen LogP contribution in [0.25, 0.3) is 0 Å². The molecule has 0 fully saturated rings. The van der Waals surface area contributed by atoms with Crippen LogP contribution in [0, 0.1) is 20.2 Å². The van der Waals surface area contributed by atoms with Gasteiger partial charge in [-0.3, -0.25) is 20.2 Å². The molecule has 0 saturated carbocycles. The van der Waals surface area contributed by atoms with Crippen molar-refractivity contribution in [3.8, 4) is 0 Å². The summed E-state index contributed by atoms with van der Waals surface area (Å²) < 4.78 is 0. The van der Waals surface area contributed by atoms with Crippen LogP contribution in [-0.2, 0) is 0 Å². The van der Waals surface area contributed by atoms with Crippen LogP contribution >= 0.6 is 0 Å². The van der Waals surface area contributed by atoms with Crippen molar-refractivity contribution in [3.63, 3.8) is 0 Å². The molecule has 8 heteroatoms. The highest BCUT2D eigenvalue weighted by Crippen LogP contribution is 1.94. The molecule has 0 aromatic rings. The van der Waals surface area contributed by atoms with Gasteiger partial charge >= 0.3 is 0 Å². The maximum atomic E-state index is 9.76. The van der Waals surface area contributed by atoms with E-state index >= 15 is 0 Å². The first-order valence-electron chi connectivity index (χ1n) is 3.03. The van der Waals surface area contributed by atoms with Gasteiger partial charge in [-0.25, -0.2) is 0 Å². The molecule has 0 aromatic carbocycles. The van der Waals surface area contributed by atoms with Crippen molar-refractivity contribution in [3.05, 3.63) is 20.2 Å². The Morgan fingerprint density at radius 3 is 1.42 bits per heavy atom. The Labute approximate surface area is 66.7 Å². The third-order valence-corrected chi connectivity index (χ3v) is 1.12. The van der Waals surface area contributed by atoms with E-state index in [1.807, 2.05) is 0 Å². The van der Waals surface area contributed by atoms with Crippen LogP contribution in [-0.4, -0.2) is 45.4 Å². The van der Waals surface area contributed by atoms with Crippen molar-refractivity contribution in [2.75, 3.05) is 13.1 Å². The Kier molecular flexibility index (Phi) is 4.08. The highest BCUT2D eigenvalue weighted by molar-refractivity contribution is 4.64. The first-order valence-corrected chi connectivity index (χ1v) is 3.03. The monoisotopic (exact) mass is 180 g/mol. The van der Waals surface area contributed by atoms with E-state index in [0.717, 1.165) is 0 Å². The summed E-state index contributed by atoms with van der Waals surface area (Å²) in [7, 11) is 0. The fourth-order valence-electron chi connectivity index (χ4n) is 0.549. The average molecular weight is 180 g/mol. The summed E-state index contributed by atoms with van der Waals surface area (Å²) in [5, 5.41) is 37.0. The van der Waals surface area contributed by atoms with Crippen molar-refractivity contribution in [1.82, 2.24) is 0 Å². The summed E-state index contributed by atoms with van der Waals surface area (Å²) >= 11 is 0. The Balaban J connectivity index is 3.83. The average Bonchev–Trinajstić information content (AvgIpc) is 1.84. The minimum atomic E-state index is -1.69. The fraction of sp³-hybridized carbons (Fsp3) is 1.00. The van der Waals surface area contributed by atoms with Gasteiger partial charge in [-0.2, -0.15) is 0 Å². The van der Waals surface area contributed by atoms with E-state index in [1.54, 1.807) is 0 Å². The molecule has 0 saturated heterocycles. The maximum Gasteiger partial charge on any atom is 0.232 e. The first kappa shape index (κ1) is 10.7. The number of hydrogen-bond donors (Lipinski definition) is 2. The maximum absolute atomic E-state index is 9.76. The number of hydrogen-bond acceptors (Lipinski definition) is 6. The molecule has 12 heavy (non-hydrogen) atoms. The fourth-order valence-corrected chi connectivity index (χ4v) is 0.549. The molecule has 0 aliphatic rings. The summed E-state index contributed by atoms with van der Waals surface area (Å²) in [6.45, 7) is -1.79. The molecule has 0 amide bonds. The molecule has 0 bridgehead atoms. The van der Waals surface area contributed by atoms with Gasteiger partial charge in [-0.05, 0) is 0 Å². The molecule has 0 spiro atoms. The smallest absolute Gasteiger partial charge is 0.232 e. The predicted molar refractivity (Wildman–Crippen MR) is 35.7 cm³/mol. The highest BCUT2D eigenvalue weighted by atomic mass is 16.6. The van der Waals surface area contributed by atoms with Gasteiger partial charge in [0.05, 0.1) is 0 Å². The normalized spacial score (nSPS) is 15.2. The molecule has 8 nitrogen and oxygen atoms in total. The van der Waals surface area contributed by atoms with Crippen LogP contribution < -0.4 is 0 Å². The van der Waals surface area contributed by atoms with Gasteiger partial charge in [0, 0.05) is 9.85 Å². The predicted octanol–water partition coefficient (Wildman–Crippen LogP) is -1.74.